The summed E-state index contributed by atoms with van der Waals surface area (Å²) in [4.78, 5) is 34.3. The number of hydrogen-bond acceptors (Lipinski definition) is 3. The van der Waals surface area contributed by atoms with E-state index in [9.17, 15) is 22.8 Å². The highest BCUT2D eigenvalue weighted by molar-refractivity contribution is 6.46. The molecule has 0 saturated carbocycles. The predicted molar refractivity (Wildman–Crippen MR) is 107 cm³/mol. The number of hydrogen-bond donors (Lipinski definition) is 1. The van der Waals surface area contributed by atoms with Gasteiger partial charge in [0.2, 0.25) is 5.78 Å². The number of H-pyrrole nitrogens is 1. The molecule has 2 heterocycles. The molecule has 0 spiro atoms. The summed E-state index contributed by atoms with van der Waals surface area (Å²) in [6.45, 7) is 0. The minimum Gasteiger partial charge on any atom is -0.345 e. The number of aromatic nitrogens is 2. The number of halogens is 3. The van der Waals surface area contributed by atoms with Crippen molar-refractivity contribution in [1.29, 1.82) is 0 Å². The van der Waals surface area contributed by atoms with Gasteiger partial charge in [0.15, 0.2) is 11.6 Å². The van der Waals surface area contributed by atoms with Gasteiger partial charge < -0.3 is 4.98 Å². The molecule has 2 atom stereocenters. The van der Waals surface area contributed by atoms with E-state index in [4.69, 9.17) is 0 Å². The van der Waals surface area contributed by atoms with Gasteiger partial charge in [-0.25, -0.2) is 18.2 Å². The minimum absolute atomic E-state index is 0.141. The van der Waals surface area contributed by atoms with Crippen molar-refractivity contribution < 1.29 is 22.8 Å². The van der Waals surface area contributed by atoms with Crippen LogP contribution < -0.4 is 4.90 Å². The Bertz CT molecular complexity index is 1330. The van der Waals surface area contributed by atoms with E-state index in [0.717, 1.165) is 23.1 Å². The van der Waals surface area contributed by atoms with Gasteiger partial charge in [-0.05, 0) is 42.0 Å². The second-order valence-corrected chi connectivity index (χ2v) is 7.26. The van der Waals surface area contributed by atoms with Crippen LogP contribution >= 0.6 is 0 Å². The standard InChI is InChI=1S/C23H14F3N3O2/c24-13-6-4-12(5-7-13)19-21(15-2-1-3-16(25)20(15)26)29(23(31)22(19)30)14-8-9-17-18(10-14)28-11-27-17/h1-11,19,21H,(H,27,28). The molecule has 1 fully saturated rings. The average Bonchev–Trinajstić information content (AvgIpc) is 3.33. The largest absolute Gasteiger partial charge is 0.345 e. The molecular formula is C23H14F3N3O2. The first kappa shape index (κ1) is 19.0. The second-order valence-electron chi connectivity index (χ2n) is 7.26. The van der Waals surface area contributed by atoms with Crippen molar-refractivity contribution in [3.63, 3.8) is 0 Å². The van der Waals surface area contributed by atoms with Crippen LogP contribution in [-0.2, 0) is 9.59 Å². The molecule has 1 N–H and O–H groups in total. The Kier molecular flexibility index (Phi) is 4.35. The molecule has 5 nitrogen and oxygen atoms in total. The van der Waals surface area contributed by atoms with E-state index in [2.05, 4.69) is 9.97 Å². The maximum Gasteiger partial charge on any atom is 0.295 e. The molecule has 0 bridgehead atoms. The third kappa shape index (κ3) is 2.99. The number of imidazole rings is 1. The lowest BCUT2D eigenvalue weighted by Gasteiger charge is -2.28. The number of aromatic amines is 1. The SMILES string of the molecule is O=C1C(=O)N(c2ccc3nc[nH]c3c2)C(c2cccc(F)c2F)C1c1ccc(F)cc1. The highest BCUT2D eigenvalue weighted by Gasteiger charge is 2.50. The van der Waals surface area contributed by atoms with Crippen molar-refractivity contribution in [1.82, 2.24) is 9.97 Å². The first-order chi connectivity index (χ1) is 15.0. The summed E-state index contributed by atoms with van der Waals surface area (Å²) in [7, 11) is 0. The van der Waals surface area contributed by atoms with Gasteiger partial charge in [-0.2, -0.15) is 0 Å². The van der Waals surface area contributed by atoms with Crippen LogP contribution in [0.1, 0.15) is 23.1 Å². The molecule has 0 aliphatic carbocycles. The van der Waals surface area contributed by atoms with Crippen molar-refractivity contribution in [2.45, 2.75) is 12.0 Å². The average molecular weight is 421 g/mol. The number of ketones is 1. The third-order valence-electron chi connectivity index (χ3n) is 5.52. The van der Waals surface area contributed by atoms with Gasteiger partial charge in [0.05, 0.1) is 29.3 Å². The minimum atomic E-state index is -1.15. The molecule has 1 aliphatic heterocycles. The summed E-state index contributed by atoms with van der Waals surface area (Å²) >= 11 is 0. The third-order valence-corrected chi connectivity index (χ3v) is 5.52. The summed E-state index contributed by atoms with van der Waals surface area (Å²) in [5, 5.41) is 0. The lowest BCUT2D eigenvalue weighted by molar-refractivity contribution is -0.134. The first-order valence-corrected chi connectivity index (χ1v) is 9.45. The molecule has 3 aromatic carbocycles. The van der Waals surface area contributed by atoms with Crippen molar-refractivity contribution in [2.75, 3.05) is 4.90 Å². The molecule has 1 amide bonds. The van der Waals surface area contributed by atoms with Crippen LogP contribution in [0.2, 0.25) is 0 Å². The molecule has 1 aliphatic rings. The van der Waals surface area contributed by atoms with Crippen LogP contribution in [-0.4, -0.2) is 21.7 Å². The van der Waals surface area contributed by atoms with Crippen LogP contribution in [0.15, 0.2) is 67.0 Å². The van der Waals surface area contributed by atoms with Gasteiger partial charge in [0.25, 0.3) is 5.91 Å². The van der Waals surface area contributed by atoms with Gasteiger partial charge >= 0.3 is 0 Å². The Morgan fingerprint density at radius 2 is 1.71 bits per heavy atom. The Hall–Kier alpha value is -3.94. The summed E-state index contributed by atoms with van der Waals surface area (Å²) in [6.07, 6.45) is 1.48. The van der Waals surface area contributed by atoms with Crippen LogP contribution in [0.3, 0.4) is 0 Å². The highest BCUT2D eigenvalue weighted by Crippen LogP contribution is 2.46. The van der Waals surface area contributed by atoms with Crippen molar-refractivity contribution in [2.24, 2.45) is 0 Å². The normalized spacial score (nSPS) is 18.9. The van der Waals surface area contributed by atoms with Crippen LogP contribution in [0.5, 0.6) is 0 Å². The molecule has 154 valence electrons. The molecule has 0 radical (unpaired) electrons. The first-order valence-electron chi connectivity index (χ1n) is 9.45. The Labute approximate surface area is 174 Å². The zero-order valence-corrected chi connectivity index (χ0v) is 15.9. The number of benzene rings is 3. The molecule has 1 saturated heterocycles. The van der Waals surface area contributed by atoms with E-state index in [1.165, 1.54) is 30.6 Å². The number of rotatable bonds is 3. The molecule has 8 heteroatoms. The number of Topliss-reactive ketones (excluding diaryl/α,β-unsaturated/α-hetero) is 1. The van der Waals surface area contributed by atoms with Crippen molar-refractivity contribution in [3.05, 3.63) is 95.6 Å². The topological polar surface area (TPSA) is 66.1 Å². The van der Waals surface area contributed by atoms with E-state index in [0.29, 0.717) is 22.3 Å². The summed E-state index contributed by atoms with van der Waals surface area (Å²) in [6, 6.07) is 12.4. The number of carbonyl (C=O) groups is 2. The molecule has 5 rings (SSSR count). The number of fused-ring (bicyclic) bond motifs is 1. The maximum absolute atomic E-state index is 14.9. The Balaban J connectivity index is 1.73. The van der Waals surface area contributed by atoms with Crippen molar-refractivity contribution >= 4 is 28.4 Å². The highest BCUT2D eigenvalue weighted by atomic mass is 19.2. The molecule has 4 aromatic rings. The molecule has 31 heavy (non-hydrogen) atoms. The van der Waals surface area contributed by atoms with Crippen molar-refractivity contribution in [3.8, 4) is 0 Å². The number of carbonyl (C=O) groups excluding carboxylic acids is 2. The lowest BCUT2D eigenvalue weighted by atomic mass is 9.86. The monoisotopic (exact) mass is 421 g/mol. The fourth-order valence-electron chi connectivity index (χ4n) is 4.09. The Morgan fingerprint density at radius 3 is 2.48 bits per heavy atom. The number of anilines is 1. The van der Waals surface area contributed by atoms with Gasteiger partial charge in [0, 0.05) is 11.3 Å². The van der Waals surface area contributed by atoms with Crippen LogP contribution in [0.25, 0.3) is 11.0 Å². The van der Waals surface area contributed by atoms with E-state index >= 15 is 0 Å². The van der Waals surface area contributed by atoms with E-state index in [-0.39, 0.29) is 5.56 Å². The summed E-state index contributed by atoms with van der Waals surface area (Å²) in [5.41, 5.74) is 1.77. The molecular weight excluding hydrogens is 407 g/mol. The van der Waals surface area contributed by atoms with Crippen LogP contribution in [0, 0.1) is 17.5 Å². The Morgan fingerprint density at radius 1 is 0.935 bits per heavy atom. The zero-order valence-electron chi connectivity index (χ0n) is 15.9. The zero-order chi connectivity index (χ0) is 21.7. The fraction of sp³-hybridized carbons (Fsp3) is 0.0870. The van der Waals surface area contributed by atoms with Crippen LogP contribution in [0.4, 0.5) is 18.9 Å². The fourth-order valence-corrected chi connectivity index (χ4v) is 4.09. The smallest absolute Gasteiger partial charge is 0.295 e. The summed E-state index contributed by atoms with van der Waals surface area (Å²) in [5.74, 6) is -5.54. The second kappa shape index (κ2) is 7.09. The van der Waals surface area contributed by atoms with E-state index in [1.807, 2.05) is 0 Å². The maximum atomic E-state index is 14.9. The van der Waals surface area contributed by atoms with E-state index < -0.39 is 41.1 Å². The van der Waals surface area contributed by atoms with Gasteiger partial charge in [-0.3, -0.25) is 14.5 Å². The predicted octanol–water partition coefficient (Wildman–Crippen LogP) is 4.42. The summed E-state index contributed by atoms with van der Waals surface area (Å²) < 4.78 is 42.4. The van der Waals surface area contributed by atoms with E-state index in [1.54, 1.807) is 18.2 Å². The number of nitrogens with zero attached hydrogens (tertiary/aromatic N) is 2. The number of amides is 1. The quantitative estimate of drug-likeness (QED) is 0.498. The van der Waals surface area contributed by atoms with Gasteiger partial charge in [-0.1, -0.05) is 24.3 Å². The molecule has 2 unspecified atom stereocenters. The molecule has 1 aromatic heterocycles. The van der Waals surface area contributed by atoms with Gasteiger partial charge in [-0.15, -0.1) is 0 Å². The number of nitrogens with one attached hydrogen (secondary N) is 1. The van der Waals surface area contributed by atoms with Gasteiger partial charge in [0.1, 0.15) is 5.82 Å². The lowest BCUT2D eigenvalue weighted by Crippen LogP contribution is -2.30.